The molecule has 0 aliphatic rings. The molecule has 0 amide bonds. The summed E-state index contributed by atoms with van der Waals surface area (Å²) in [6.07, 6.45) is 1.54. The molecule has 0 radical (unpaired) electrons. The fourth-order valence-electron chi connectivity index (χ4n) is 2.65. The van der Waals surface area contributed by atoms with Gasteiger partial charge in [-0.1, -0.05) is 13.3 Å². The van der Waals surface area contributed by atoms with Crippen molar-refractivity contribution < 1.29 is 13.2 Å². The van der Waals surface area contributed by atoms with Crippen molar-refractivity contribution in [3.05, 3.63) is 59.4 Å². The first-order valence-electron chi connectivity index (χ1n) is 6.85. The highest BCUT2D eigenvalue weighted by Gasteiger charge is 2.16. The Labute approximate surface area is 120 Å². The van der Waals surface area contributed by atoms with Crippen LogP contribution in [0.15, 0.2) is 36.4 Å². The van der Waals surface area contributed by atoms with E-state index in [2.05, 4.69) is 4.98 Å². The van der Waals surface area contributed by atoms with Gasteiger partial charge in [0.25, 0.3) is 0 Å². The molecule has 1 aromatic heterocycles. The van der Waals surface area contributed by atoms with Gasteiger partial charge in [-0.2, -0.15) is 0 Å². The molecule has 0 aliphatic heterocycles. The third-order valence-electron chi connectivity index (χ3n) is 3.56. The SMILES string of the molecule is CCCc1c(-c2ccc(F)cc2)[nH]c2c(F)cc(F)cc12. The Morgan fingerprint density at radius 3 is 2.33 bits per heavy atom. The second-order valence-electron chi connectivity index (χ2n) is 5.05. The molecule has 0 unspecified atom stereocenters. The number of H-pyrrole nitrogens is 1. The maximum Gasteiger partial charge on any atom is 0.150 e. The normalized spacial score (nSPS) is 11.2. The van der Waals surface area contributed by atoms with Gasteiger partial charge in [0.1, 0.15) is 17.5 Å². The van der Waals surface area contributed by atoms with Crippen LogP contribution in [0.1, 0.15) is 18.9 Å². The summed E-state index contributed by atoms with van der Waals surface area (Å²) in [5, 5.41) is 0.550. The molecule has 21 heavy (non-hydrogen) atoms. The van der Waals surface area contributed by atoms with E-state index in [1.807, 2.05) is 6.92 Å². The summed E-state index contributed by atoms with van der Waals surface area (Å²) in [4.78, 5) is 3.02. The summed E-state index contributed by atoms with van der Waals surface area (Å²) in [6, 6.07) is 8.18. The second kappa shape index (κ2) is 5.28. The van der Waals surface area contributed by atoms with Crippen molar-refractivity contribution in [2.24, 2.45) is 0 Å². The summed E-state index contributed by atoms with van der Waals surface area (Å²) in [5.74, 6) is -1.54. The first kappa shape index (κ1) is 13.7. The lowest BCUT2D eigenvalue weighted by atomic mass is 10.0. The van der Waals surface area contributed by atoms with E-state index in [-0.39, 0.29) is 5.82 Å². The molecule has 0 aliphatic carbocycles. The van der Waals surface area contributed by atoms with Gasteiger partial charge in [-0.05, 0) is 47.9 Å². The van der Waals surface area contributed by atoms with Gasteiger partial charge < -0.3 is 4.98 Å². The van der Waals surface area contributed by atoms with Crippen LogP contribution in [0.25, 0.3) is 22.2 Å². The predicted molar refractivity (Wildman–Crippen MR) is 77.6 cm³/mol. The molecule has 3 rings (SSSR count). The number of fused-ring (bicyclic) bond motifs is 1. The number of aromatic amines is 1. The van der Waals surface area contributed by atoms with Crippen LogP contribution in [0.2, 0.25) is 0 Å². The lowest BCUT2D eigenvalue weighted by Crippen LogP contribution is -1.87. The summed E-state index contributed by atoms with van der Waals surface area (Å²) in [7, 11) is 0. The Hall–Kier alpha value is -2.23. The number of aromatic nitrogens is 1. The molecule has 0 bridgehead atoms. The van der Waals surface area contributed by atoms with E-state index in [0.29, 0.717) is 17.3 Å². The van der Waals surface area contributed by atoms with Crippen LogP contribution in [0, 0.1) is 17.5 Å². The zero-order chi connectivity index (χ0) is 15.0. The Morgan fingerprint density at radius 1 is 0.952 bits per heavy atom. The van der Waals surface area contributed by atoms with Gasteiger partial charge in [0.15, 0.2) is 0 Å². The number of hydrogen-bond donors (Lipinski definition) is 1. The van der Waals surface area contributed by atoms with Crippen molar-refractivity contribution in [2.75, 3.05) is 0 Å². The molecule has 108 valence electrons. The quantitative estimate of drug-likeness (QED) is 0.681. The minimum Gasteiger partial charge on any atom is -0.352 e. The number of nitrogens with one attached hydrogen (secondary N) is 1. The molecule has 0 atom stereocenters. The maximum absolute atomic E-state index is 13.9. The monoisotopic (exact) mass is 289 g/mol. The van der Waals surface area contributed by atoms with E-state index in [1.165, 1.54) is 18.2 Å². The van der Waals surface area contributed by atoms with Crippen molar-refractivity contribution in [1.82, 2.24) is 4.98 Å². The van der Waals surface area contributed by atoms with E-state index >= 15 is 0 Å². The third-order valence-corrected chi connectivity index (χ3v) is 3.56. The molecule has 1 heterocycles. The fraction of sp³-hybridized carbons (Fsp3) is 0.176. The average molecular weight is 289 g/mol. The van der Waals surface area contributed by atoms with Crippen LogP contribution in [-0.4, -0.2) is 4.98 Å². The molecule has 2 aromatic carbocycles. The smallest absolute Gasteiger partial charge is 0.150 e. The molecular formula is C17H14F3N. The van der Waals surface area contributed by atoms with Crippen molar-refractivity contribution in [3.63, 3.8) is 0 Å². The summed E-state index contributed by atoms with van der Waals surface area (Å²) in [5.41, 5.74) is 2.63. The molecule has 0 saturated carbocycles. The zero-order valence-corrected chi connectivity index (χ0v) is 11.5. The standard InChI is InChI=1S/C17H14F3N/c1-2-3-13-14-8-12(19)9-15(20)17(14)21-16(13)10-4-6-11(18)7-5-10/h4-9,21H,2-3H2,1H3. The van der Waals surface area contributed by atoms with Crippen molar-refractivity contribution in [3.8, 4) is 11.3 Å². The third kappa shape index (κ3) is 2.42. The van der Waals surface area contributed by atoms with Crippen molar-refractivity contribution in [1.29, 1.82) is 0 Å². The molecule has 0 spiro atoms. The number of aryl methyl sites for hydroxylation is 1. The average Bonchev–Trinajstić information content (AvgIpc) is 2.80. The first-order chi connectivity index (χ1) is 10.1. The van der Waals surface area contributed by atoms with Gasteiger partial charge in [-0.25, -0.2) is 13.2 Å². The van der Waals surface area contributed by atoms with Gasteiger partial charge >= 0.3 is 0 Å². The van der Waals surface area contributed by atoms with Crippen LogP contribution >= 0.6 is 0 Å². The van der Waals surface area contributed by atoms with Crippen LogP contribution in [0.5, 0.6) is 0 Å². The minimum absolute atomic E-state index is 0.291. The highest BCUT2D eigenvalue weighted by Crippen LogP contribution is 2.33. The Morgan fingerprint density at radius 2 is 1.67 bits per heavy atom. The zero-order valence-electron chi connectivity index (χ0n) is 11.5. The molecule has 0 fully saturated rings. The topological polar surface area (TPSA) is 15.8 Å². The fourth-order valence-corrected chi connectivity index (χ4v) is 2.65. The number of benzene rings is 2. The lowest BCUT2D eigenvalue weighted by Gasteiger charge is -2.04. The Balaban J connectivity index is 2.28. The van der Waals surface area contributed by atoms with Gasteiger partial charge in [0, 0.05) is 17.1 Å². The molecule has 1 N–H and O–H groups in total. The van der Waals surface area contributed by atoms with Gasteiger partial charge in [-0.3, -0.25) is 0 Å². The highest BCUT2D eigenvalue weighted by molar-refractivity contribution is 5.91. The van der Waals surface area contributed by atoms with Crippen molar-refractivity contribution >= 4 is 10.9 Å². The van der Waals surface area contributed by atoms with Crippen molar-refractivity contribution in [2.45, 2.75) is 19.8 Å². The molecule has 3 aromatic rings. The number of hydrogen-bond acceptors (Lipinski definition) is 0. The number of halogens is 3. The van der Waals surface area contributed by atoms with E-state index in [0.717, 1.165) is 29.3 Å². The molecule has 0 saturated heterocycles. The first-order valence-corrected chi connectivity index (χ1v) is 6.85. The highest BCUT2D eigenvalue weighted by atomic mass is 19.1. The maximum atomic E-state index is 13.9. The van der Waals surface area contributed by atoms with E-state index in [9.17, 15) is 13.2 Å². The summed E-state index contributed by atoms with van der Waals surface area (Å²) in [6.45, 7) is 2.00. The molecule has 1 nitrogen and oxygen atoms in total. The largest absolute Gasteiger partial charge is 0.352 e. The van der Waals surface area contributed by atoms with E-state index in [4.69, 9.17) is 0 Å². The lowest BCUT2D eigenvalue weighted by molar-refractivity contribution is 0.591. The summed E-state index contributed by atoms with van der Waals surface area (Å²) >= 11 is 0. The van der Waals surface area contributed by atoms with Gasteiger partial charge in [0.05, 0.1) is 5.52 Å². The molecular weight excluding hydrogens is 275 g/mol. The van der Waals surface area contributed by atoms with E-state index in [1.54, 1.807) is 12.1 Å². The van der Waals surface area contributed by atoms with E-state index < -0.39 is 11.6 Å². The van der Waals surface area contributed by atoms with Crippen LogP contribution in [0.4, 0.5) is 13.2 Å². The van der Waals surface area contributed by atoms with Crippen LogP contribution in [-0.2, 0) is 6.42 Å². The van der Waals surface area contributed by atoms with Gasteiger partial charge in [-0.15, -0.1) is 0 Å². The Kier molecular flexibility index (Phi) is 3.45. The van der Waals surface area contributed by atoms with Crippen LogP contribution < -0.4 is 0 Å². The Bertz CT molecular complexity index is 788. The second-order valence-corrected chi connectivity index (χ2v) is 5.05. The van der Waals surface area contributed by atoms with Crippen LogP contribution in [0.3, 0.4) is 0 Å². The number of rotatable bonds is 3. The minimum atomic E-state index is -0.615. The summed E-state index contributed by atoms with van der Waals surface area (Å²) < 4.78 is 40.5. The molecule has 4 heteroatoms. The van der Waals surface area contributed by atoms with Gasteiger partial charge in [0.2, 0.25) is 0 Å². The predicted octanol–water partition coefficient (Wildman–Crippen LogP) is 5.20.